The van der Waals surface area contributed by atoms with E-state index in [2.05, 4.69) is 19.8 Å². The van der Waals surface area contributed by atoms with Crippen molar-refractivity contribution in [2.24, 2.45) is 0 Å². The van der Waals surface area contributed by atoms with Crippen molar-refractivity contribution >= 4 is 17.1 Å². The second-order valence-corrected chi connectivity index (χ2v) is 9.30. The Morgan fingerprint density at radius 3 is 2.62 bits per heavy atom. The van der Waals surface area contributed by atoms with Crippen LogP contribution in [-0.2, 0) is 13.0 Å². The predicted molar refractivity (Wildman–Crippen MR) is 144 cm³/mol. The molecule has 1 N–H and O–H groups in total. The van der Waals surface area contributed by atoms with Crippen LogP contribution in [0.3, 0.4) is 0 Å². The van der Waals surface area contributed by atoms with Crippen molar-refractivity contribution in [1.29, 1.82) is 0 Å². The lowest BCUT2D eigenvalue weighted by Gasteiger charge is -2.14. The Morgan fingerprint density at radius 2 is 1.81 bits per heavy atom. The minimum Gasteiger partial charge on any atom is -0.493 e. The van der Waals surface area contributed by atoms with Crippen molar-refractivity contribution in [3.05, 3.63) is 72.1 Å². The first-order valence-corrected chi connectivity index (χ1v) is 12.8. The molecule has 1 amide bonds. The van der Waals surface area contributed by atoms with Gasteiger partial charge in [0.2, 0.25) is 0 Å². The van der Waals surface area contributed by atoms with Crippen molar-refractivity contribution < 1.29 is 14.3 Å². The fourth-order valence-corrected chi connectivity index (χ4v) is 4.81. The molecule has 2 aromatic carbocycles. The summed E-state index contributed by atoms with van der Waals surface area (Å²) in [6, 6.07) is 17.5. The highest BCUT2D eigenvalue weighted by Crippen LogP contribution is 2.28. The van der Waals surface area contributed by atoms with Gasteiger partial charge >= 0.3 is 0 Å². The number of ether oxygens (including phenoxy) is 2. The van der Waals surface area contributed by atoms with Gasteiger partial charge in [-0.3, -0.25) is 4.79 Å². The van der Waals surface area contributed by atoms with Crippen molar-refractivity contribution in [3.63, 3.8) is 0 Å². The fourth-order valence-electron chi connectivity index (χ4n) is 4.81. The molecule has 0 spiro atoms. The van der Waals surface area contributed by atoms with Crippen molar-refractivity contribution in [1.82, 2.24) is 24.8 Å². The first kappa shape index (κ1) is 24.8. The Labute approximate surface area is 217 Å². The van der Waals surface area contributed by atoms with Crippen LogP contribution in [0.15, 0.2) is 60.9 Å². The van der Waals surface area contributed by atoms with E-state index in [1.54, 1.807) is 14.2 Å². The van der Waals surface area contributed by atoms with E-state index >= 15 is 0 Å². The highest BCUT2D eigenvalue weighted by atomic mass is 16.5. The quantitative estimate of drug-likeness (QED) is 0.353. The van der Waals surface area contributed by atoms with Crippen molar-refractivity contribution in [3.8, 4) is 22.8 Å². The lowest BCUT2D eigenvalue weighted by Crippen LogP contribution is -2.33. The average Bonchev–Trinajstić information content (AvgIpc) is 3.61. The zero-order chi connectivity index (χ0) is 25.6. The third-order valence-electron chi connectivity index (χ3n) is 6.88. The van der Waals surface area contributed by atoms with Crippen LogP contribution in [0.4, 0.5) is 0 Å². The van der Waals surface area contributed by atoms with E-state index in [0.717, 1.165) is 66.3 Å². The number of hydrogen-bond acceptors (Lipinski definition) is 6. The van der Waals surface area contributed by atoms with Gasteiger partial charge in [-0.1, -0.05) is 18.2 Å². The summed E-state index contributed by atoms with van der Waals surface area (Å²) in [4.78, 5) is 24.6. The Kier molecular flexibility index (Phi) is 7.65. The smallest absolute Gasteiger partial charge is 0.251 e. The number of methoxy groups -OCH3 is 2. The second kappa shape index (κ2) is 11.4. The number of nitrogens with one attached hydrogen (secondary N) is 1. The summed E-state index contributed by atoms with van der Waals surface area (Å²) in [5, 5.41) is 3.05. The zero-order valence-corrected chi connectivity index (χ0v) is 21.4. The Balaban J connectivity index is 1.29. The molecular formula is C29H33N5O3. The summed E-state index contributed by atoms with van der Waals surface area (Å²) in [6.07, 6.45) is 5.13. The molecule has 8 heteroatoms. The molecule has 0 bridgehead atoms. The third-order valence-corrected chi connectivity index (χ3v) is 6.88. The van der Waals surface area contributed by atoms with E-state index in [9.17, 15) is 4.79 Å². The number of aromatic nitrogens is 3. The fraction of sp³-hybridized carbons (Fsp3) is 0.345. The molecular weight excluding hydrogens is 466 g/mol. The molecule has 0 radical (unpaired) electrons. The first-order valence-electron chi connectivity index (χ1n) is 12.8. The molecule has 1 saturated heterocycles. The van der Waals surface area contributed by atoms with Gasteiger partial charge in [0.25, 0.3) is 5.91 Å². The summed E-state index contributed by atoms with van der Waals surface area (Å²) >= 11 is 0. The van der Waals surface area contributed by atoms with Gasteiger partial charge in [-0.05, 0) is 74.3 Å². The topological polar surface area (TPSA) is 81.5 Å². The maximum atomic E-state index is 12.8. The molecule has 1 fully saturated rings. The standard InChI is InChI=1S/C29H33N5O3/c1-36-26-11-8-21(18-27(26)37-2)12-16-34-20-31-25-10-9-24(32-28(25)34)22-6-5-7-23(19-22)29(35)30-13-17-33-14-3-4-15-33/h5-11,18-20H,3-4,12-17H2,1-2H3,(H,30,35). The summed E-state index contributed by atoms with van der Waals surface area (Å²) in [5.74, 6) is 1.38. The molecule has 0 unspecified atom stereocenters. The lowest BCUT2D eigenvalue weighted by atomic mass is 10.1. The van der Waals surface area contributed by atoms with Gasteiger partial charge in [-0.25, -0.2) is 9.97 Å². The van der Waals surface area contributed by atoms with Gasteiger partial charge in [0.1, 0.15) is 5.52 Å². The Bertz CT molecular complexity index is 1380. The molecule has 5 rings (SSSR count). The molecule has 3 heterocycles. The number of fused-ring (bicyclic) bond motifs is 1. The number of carbonyl (C=O) groups excluding carboxylic acids is 1. The number of nitrogens with zero attached hydrogens (tertiary/aromatic N) is 4. The second-order valence-electron chi connectivity index (χ2n) is 9.30. The molecule has 2 aromatic heterocycles. The average molecular weight is 500 g/mol. The predicted octanol–water partition coefficient (Wildman–Crippen LogP) is 4.18. The van der Waals surface area contributed by atoms with Crippen molar-refractivity contribution in [2.75, 3.05) is 40.4 Å². The van der Waals surface area contributed by atoms with Crippen molar-refractivity contribution in [2.45, 2.75) is 25.8 Å². The van der Waals surface area contributed by atoms with Crippen LogP contribution in [0.2, 0.25) is 0 Å². The van der Waals surface area contributed by atoms with Crippen LogP contribution in [-0.4, -0.2) is 65.7 Å². The molecule has 37 heavy (non-hydrogen) atoms. The number of pyridine rings is 1. The number of amides is 1. The normalized spacial score (nSPS) is 13.7. The summed E-state index contributed by atoms with van der Waals surface area (Å²) < 4.78 is 12.8. The van der Waals surface area contributed by atoms with E-state index in [-0.39, 0.29) is 5.91 Å². The van der Waals surface area contributed by atoms with Gasteiger partial charge in [0.15, 0.2) is 17.1 Å². The summed E-state index contributed by atoms with van der Waals surface area (Å²) in [7, 11) is 3.28. The molecule has 192 valence electrons. The van der Waals surface area contributed by atoms with E-state index in [1.165, 1.54) is 12.8 Å². The van der Waals surface area contributed by atoms with E-state index in [0.29, 0.717) is 17.9 Å². The number of rotatable bonds is 10. The number of imidazole rings is 1. The number of hydrogen-bond donors (Lipinski definition) is 1. The SMILES string of the molecule is COc1ccc(CCn2cnc3ccc(-c4cccc(C(=O)NCCN5CCCC5)c4)nc32)cc1OC. The highest BCUT2D eigenvalue weighted by molar-refractivity contribution is 5.95. The van der Waals surface area contributed by atoms with Gasteiger partial charge in [0.05, 0.1) is 26.2 Å². The number of likely N-dealkylation sites (tertiary alicyclic amines) is 1. The molecule has 8 nitrogen and oxygen atoms in total. The Morgan fingerprint density at radius 1 is 0.973 bits per heavy atom. The van der Waals surface area contributed by atoms with Crippen LogP contribution < -0.4 is 14.8 Å². The summed E-state index contributed by atoms with van der Waals surface area (Å²) in [6.45, 7) is 4.54. The molecule has 1 aliphatic rings. The summed E-state index contributed by atoms with van der Waals surface area (Å²) in [5.41, 5.74) is 5.15. The number of benzene rings is 2. The molecule has 0 aliphatic carbocycles. The van der Waals surface area contributed by atoms with E-state index in [1.807, 2.05) is 60.9 Å². The minimum atomic E-state index is -0.0536. The zero-order valence-electron chi connectivity index (χ0n) is 21.4. The lowest BCUT2D eigenvalue weighted by molar-refractivity contribution is 0.0950. The van der Waals surface area contributed by atoms with Gasteiger partial charge in [0, 0.05) is 30.8 Å². The first-order chi connectivity index (χ1) is 18.1. The van der Waals surface area contributed by atoms with Gasteiger partial charge < -0.3 is 24.3 Å². The van der Waals surface area contributed by atoms with E-state index < -0.39 is 0 Å². The molecule has 4 aromatic rings. The maximum Gasteiger partial charge on any atom is 0.251 e. The van der Waals surface area contributed by atoms with Crippen LogP contribution in [0.25, 0.3) is 22.4 Å². The van der Waals surface area contributed by atoms with Gasteiger partial charge in [-0.2, -0.15) is 0 Å². The molecule has 1 aliphatic heterocycles. The van der Waals surface area contributed by atoms with E-state index in [4.69, 9.17) is 14.5 Å². The number of aryl methyl sites for hydroxylation is 2. The van der Waals surface area contributed by atoms with Crippen LogP contribution in [0.5, 0.6) is 11.5 Å². The minimum absolute atomic E-state index is 0.0536. The third kappa shape index (κ3) is 5.75. The molecule has 0 saturated carbocycles. The van der Waals surface area contributed by atoms with Crippen LogP contribution >= 0.6 is 0 Å². The maximum absolute atomic E-state index is 12.8. The largest absolute Gasteiger partial charge is 0.493 e. The molecule has 0 atom stereocenters. The number of carbonyl (C=O) groups is 1. The monoisotopic (exact) mass is 499 g/mol. The Hall–Kier alpha value is -3.91. The van der Waals surface area contributed by atoms with Gasteiger partial charge in [-0.15, -0.1) is 0 Å². The van der Waals surface area contributed by atoms with Crippen LogP contribution in [0, 0.1) is 0 Å². The highest BCUT2D eigenvalue weighted by Gasteiger charge is 2.13. The van der Waals surface area contributed by atoms with Crippen LogP contribution in [0.1, 0.15) is 28.8 Å².